The molecular weight excluding hydrogens is 266 g/mol. The van der Waals surface area contributed by atoms with E-state index in [0.29, 0.717) is 12.1 Å². The van der Waals surface area contributed by atoms with Crippen LogP contribution in [0.1, 0.15) is 71.6 Å². The Labute approximate surface area is 129 Å². The van der Waals surface area contributed by atoms with Gasteiger partial charge in [-0.25, -0.2) is 0 Å². The van der Waals surface area contributed by atoms with Crippen molar-refractivity contribution in [1.29, 1.82) is 0 Å². The lowest BCUT2D eigenvalue weighted by atomic mass is 9.85. The summed E-state index contributed by atoms with van der Waals surface area (Å²) in [6, 6.07) is 1.36. The molecule has 0 bridgehead atoms. The Morgan fingerprint density at radius 2 is 2.05 bits per heavy atom. The Balaban J connectivity index is 1.69. The van der Waals surface area contributed by atoms with Crippen molar-refractivity contribution in [2.45, 2.75) is 89.3 Å². The van der Waals surface area contributed by atoms with Gasteiger partial charge in [0.25, 0.3) is 0 Å². The van der Waals surface area contributed by atoms with Crippen LogP contribution < -0.4 is 5.32 Å². The van der Waals surface area contributed by atoms with Crippen LogP contribution in [-0.2, 0) is 4.74 Å². The standard InChI is InChI=1S/C17H33NOS/c1-3-4-5-6-7-15(2)18-16-8-11-19-17(14-16)9-12-20-13-10-17/h15-16,18H,3-14H2,1-2H3. The van der Waals surface area contributed by atoms with E-state index < -0.39 is 0 Å². The highest BCUT2D eigenvalue weighted by molar-refractivity contribution is 7.99. The smallest absolute Gasteiger partial charge is 0.0713 e. The van der Waals surface area contributed by atoms with Crippen molar-refractivity contribution in [3.05, 3.63) is 0 Å². The number of ether oxygens (including phenoxy) is 1. The van der Waals surface area contributed by atoms with Crippen molar-refractivity contribution in [3.63, 3.8) is 0 Å². The number of hydrogen-bond acceptors (Lipinski definition) is 3. The van der Waals surface area contributed by atoms with Crippen molar-refractivity contribution >= 4 is 11.8 Å². The minimum atomic E-state index is 0.225. The maximum Gasteiger partial charge on any atom is 0.0713 e. The van der Waals surface area contributed by atoms with Crippen LogP contribution in [0.2, 0.25) is 0 Å². The highest BCUT2D eigenvalue weighted by atomic mass is 32.2. The maximum atomic E-state index is 6.18. The monoisotopic (exact) mass is 299 g/mol. The molecule has 2 rings (SSSR count). The third-order valence-electron chi connectivity index (χ3n) is 4.91. The van der Waals surface area contributed by atoms with E-state index in [9.17, 15) is 0 Å². The summed E-state index contributed by atoms with van der Waals surface area (Å²) in [7, 11) is 0. The Morgan fingerprint density at radius 3 is 2.80 bits per heavy atom. The van der Waals surface area contributed by atoms with Crippen molar-refractivity contribution in [1.82, 2.24) is 5.32 Å². The van der Waals surface area contributed by atoms with Gasteiger partial charge in [0.1, 0.15) is 0 Å². The second kappa shape index (κ2) is 8.65. The first-order valence-corrected chi connectivity index (χ1v) is 9.87. The summed E-state index contributed by atoms with van der Waals surface area (Å²) in [5.74, 6) is 2.58. The lowest BCUT2D eigenvalue weighted by Crippen LogP contribution is -2.50. The topological polar surface area (TPSA) is 21.3 Å². The average molecular weight is 300 g/mol. The average Bonchev–Trinajstić information content (AvgIpc) is 2.44. The molecule has 2 saturated heterocycles. The van der Waals surface area contributed by atoms with E-state index in [1.54, 1.807) is 0 Å². The van der Waals surface area contributed by atoms with Gasteiger partial charge in [-0.05, 0) is 50.5 Å². The molecule has 1 spiro atoms. The molecule has 1 N–H and O–H groups in total. The van der Waals surface area contributed by atoms with E-state index in [1.807, 2.05) is 0 Å². The Morgan fingerprint density at radius 1 is 1.25 bits per heavy atom. The molecule has 20 heavy (non-hydrogen) atoms. The third-order valence-corrected chi connectivity index (χ3v) is 5.89. The molecule has 0 amide bonds. The Hall–Kier alpha value is 0.270. The highest BCUT2D eigenvalue weighted by Gasteiger charge is 2.38. The molecule has 2 aliphatic rings. The van der Waals surface area contributed by atoms with Crippen molar-refractivity contribution in [3.8, 4) is 0 Å². The molecule has 0 aromatic rings. The van der Waals surface area contributed by atoms with E-state index in [1.165, 1.54) is 69.3 Å². The fraction of sp³-hybridized carbons (Fsp3) is 1.00. The van der Waals surface area contributed by atoms with Gasteiger partial charge in [-0.2, -0.15) is 11.8 Å². The molecule has 0 aliphatic carbocycles. The van der Waals surface area contributed by atoms with E-state index in [4.69, 9.17) is 4.74 Å². The molecule has 0 aromatic carbocycles. The molecule has 0 saturated carbocycles. The van der Waals surface area contributed by atoms with Gasteiger partial charge in [0, 0.05) is 18.7 Å². The molecule has 2 heterocycles. The number of thioether (sulfide) groups is 1. The molecule has 2 atom stereocenters. The summed E-state index contributed by atoms with van der Waals surface area (Å²) >= 11 is 2.09. The van der Waals surface area contributed by atoms with Gasteiger partial charge >= 0.3 is 0 Å². The van der Waals surface area contributed by atoms with Gasteiger partial charge in [-0.3, -0.25) is 0 Å². The van der Waals surface area contributed by atoms with Crippen LogP contribution in [0, 0.1) is 0 Å². The molecular formula is C17H33NOS. The minimum Gasteiger partial charge on any atom is -0.375 e. The molecule has 2 unspecified atom stereocenters. The Kier molecular flexibility index (Phi) is 7.20. The zero-order chi connectivity index (χ0) is 14.3. The minimum absolute atomic E-state index is 0.225. The second-order valence-electron chi connectivity index (χ2n) is 6.75. The highest BCUT2D eigenvalue weighted by Crippen LogP contribution is 2.37. The van der Waals surface area contributed by atoms with Gasteiger partial charge in [0.05, 0.1) is 5.60 Å². The first kappa shape index (κ1) is 16.6. The summed E-state index contributed by atoms with van der Waals surface area (Å²) in [5.41, 5.74) is 0.225. The number of rotatable bonds is 7. The number of unbranched alkanes of at least 4 members (excludes halogenated alkanes) is 3. The molecule has 118 valence electrons. The predicted molar refractivity (Wildman–Crippen MR) is 89.6 cm³/mol. The quantitative estimate of drug-likeness (QED) is 0.705. The molecule has 2 fully saturated rings. The summed E-state index contributed by atoms with van der Waals surface area (Å²) < 4.78 is 6.18. The van der Waals surface area contributed by atoms with Gasteiger partial charge in [0.2, 0.25) is 0 Å². The van der Waals surface area contributed by atoms with Crippen LogP contribution in [0.15, 0.2) is 0 Å². The molecule has 2 nitrogen and oxygen atoms in total. The Bertz CT molecular complexity index is 260. The van der Waals surface area contributed by atoms with Crippen LogP contribution in [0.3, 0.4) is 0 Å². The van der Waals surface area contributed by atoms with Crippen molar-refractivity contribution < 1.29 is 4.74 Å². The van der Waals surface area contributed by atoms with Gasteiger partial charge in [0.15, 0.2) is 0 Å². The molecule has 3 heteroatoms. The fourth-order valence-corrected chi connectivity index (χ4v) is 4.86. The predicted octanol–water partition coefficient (Wildman–Crippen LogP) is 4.38. The fourth-order valence-electron chi connectivity index (χ4n) is 3.62. The zero-order valence-corrected chi connectivity index (χ0v) is 14.3. The number of nitrogens with one attached hydrogen (secondary N) is 1. The van der Waals surface area contributed by atoms with Crippen molar-refractivity contribution in [2.24, 2.45) is 0 Å². The first-order chi connectivity index (χ1) is 9.74. The molecule has 2 aliphatic heterocycles. The van der Waals surface area contributed by atoms with Crippen LogP contribution in [-0.4, -0.2) is 35.8 Å². The molecule has 0 radical (unpaired) electrons. The third kappa shape index (κ3) is 5.23. The van der Waals surface area contributed by atoms with Crippen LogP contribution in [0.5, 0.6) is 0 Å². The van der Waals surface area contributed by atoms with Gasteiger partial charge < -0.3 is 10.1 Å². The summed E-state index contributed by atoms with van der Waals surface area (Å²) in [6.45, 7) is 5.61. The zero-order valence-electron chi connectivity index (χ0n) is 13.5. The normalized spacial score (nSPS) is 27.6. The summed E-state index contributed by atoms with van der Waals surface area (Å²) in [6.07, 6.45) is 11.8. The summed E-state index contributed by atoms with van der Waals surface area (Å²) in [4.78, 5) is 0. The van der Waals surface area contributed by atoms with Gasteiger partial charge in [-0.1, -0.05) is 32.6 Å². The molecule has 0 aromatic heterocycles. The number of hydrogen-bond donors (Lipinski definition) is 1. The lowest BCUT2D eigenvalue weighted by molar-refractivity contribution is -0.0941. The van der Waals surface area contributed by atoms with Crippen LogP contribution in [0.4, 0.5) is 0 Å². The van der Waals surface area contributed by atoms with E-state index in [-0.39, 0.29) is 5.60 Å². The van der Waals surface area contributed by atoms with E-state index in [2.05, 4.69) is 30.9 Å². The van der Waals surface area contributed by atoms with Crippen LogP contribution >= 0.6 is 11.8 Å². The largest absolute Gasteiger partial charge is 0.375 e. The SMILES string of the molecule is CCCCCCC(C)NC1CCOC2(CCSCC2)C1. The van der Waals surface area contributed by atoms with Gasteiger partial charge in [-0.15, -0.1) is 0 Å². The second-order valence-corrected chi connectivity index (χ2v) is 7.98. The summed E-state index contributed by atoms with van der Waals surface area (Å²) in [5, 5.41) is 3.88. The van der Waals surface area contributed by atoms with Crippen molar-refractivity contribution in [2.75, 3.05) is 18.1 Å². The van der Waals surface area contributed by atoms with E-state index >= 15 is 0 Å². The van der Waals surface area contributed by atoms with Crippen LogP contribution in [0.25, 0.3) is 0 Å². The van der Waals surface area contributed by atoms with E-state index in [0.717, 1.165) is 6.61 Å². The maximum absolute atomic E-state index is 6.18. The first-order valence-electron chi connectivity index (χ1n) is 8.72. The lowest BCUT2D eigenvalue weighted by Gasteiger charge is -2.44.